The lowest BCUT2D eigenvalue weighted by atomic mass is 10.1. The van der Waals surface area contributed by atoms with E-state index in [1.165, 1.54) is 4.90 Å². The summed E-state index contributed by atoms with van der Waals surface area (Å²) in [7, 11) is -3.72. The van der Waals surface area contributed by atoms with Crippen LogP contribution in [-0.2, 0) is 26.2 Å². The summed E-state index contributed by atoms with van der Waals surface area (Å²) in [5.74, 6) is -0.685. The first-order valence-corrected chi connectivity index (χ1v) is 12.6. The normalized spacial score (nSPS) is 12.2. The quantitative estimate of drug-likeness (QED) is 0.592. The number of rotatable bonds is 10. The zero-order valence-electron chi connectivity index (χ0n) is 19.5. The molecular formula is C24H33N3O4S. The van der Waals surface area contributed by atoms with Crippen LogP contribution in [0.25, 0.3) is 0 Å². The number of benzene rings is 2. The Kier molecular flexibility index (Phi) is 8.83. The minimum Gasteiger partial charge on any atom is -0.355 e. The molecule has 0 spiro atoms. The van der Waals surface area contributed by atoms with E-state index in [-0.39, 0.29) is 19.0 Å². The number of hydrogen-bond donors (Lipinski definition) is 1. The van der Waals surface area contributed by atoms with E-state index in [2.05, 4.69) is 5.32 Å². The molecule has 0 saturated heterocycles. The van der Waals surface area contributed by atoms with Gasteiger partial charge < -0.3 is 10.2 Å². The molecule has 2 amide bonds. The van der Waals surface area contributed by atoms with Crippen LogP contribution in [0.4, 0.5) is 5.69 Å². The maximum absolute atomic E-state index is 13.5. The van der Waals surface area contributed by atoms with Crippen molar-refractivity contribution in [2.75, 3.05) is 23.7 Å². The summed E-state index contributed by atoms with van der Waals surface area (Å²) in [6.45, 7) is 7.78. The fourth-order valence-corrected chi connectivity index (χ4v) is 4.36. The third kappa shape index (κ3) is 6.56. The summed E-state index contributed by atoms with van der Waals surface area (Å²) >= 11 is 0. The Morgan fingerprint density at radius 3 is 2.16 bits per heavy atom. The van der Waals surface area contributed by atoms with Gasteiger partial charge in [0.25, 0.3) is 0 Å². The second kappa shape index (κ2) is 11.1. The lowest BCUT2D eigenvalue weighted by molar-refractivity contribution is -0.140. The highest BCUT2D eigenvalue weighted by atomic mass is 32.2. The molecule has 32 heavy (non-hydrogen) atoms. The molecule has 0 aromatic heterocycles. The Bertz CT molecular complexity index is 1040. The Morgan fingerprint density at radius 2 is 1.62 bits per heavy atom. The van der Waals surface area contributed by atoms with Gasteiger partial charge in [-0.05, 0) is 50.5 Å². The van der Waals surface area contributed by atoms with Gasteiger partial charge in [0.2, 0.25) is 21.8 Å². The number of nitrogens with one attached hydrogen (secondary N) is 1. The van der Waals surface area contributed by atoms with Crippen molar-refractivity contribution in [1.82, 2.24) is 10.2 Å². The summed E-state index contributed by atoms with van der Waals surface area (Å²) in [6, 6.07) is 13.9. The zero-order valence-corrected chi connectivity index (χ0v) is 20.3. The predicted octanol–water partition coefficient (Wildman–Crippen LogP) is 3.01. The Balaban J connectivity index is 2.43. The topological polar surface area (TPSA) is 86.8 Å². The molecule has 0 bridgehead atoms. The van der Waals surface area contributed by atoms with Crippen LogP contribution in [0.5, 0.6) is 0 Å². The molecule has 2 aromatic carbocycles. The van der Waals surface area contributed by atoms with Gasteiger partial charge in [-0.3, -0.25) is 13.9 Å². The molecule has 7 nitrogen and oxygen atoms in total. The Morgan fingerprint density at radius 1 is 1.00 bits per heavy atom. The molecule has 2 rings (SSSR count). The van der Waals surface area contributed by atoms with Crippen molar-refractivity contribution >= 4 is 27.5 Å². The van der Waals surface area contributed by atoms with Gasteiger partial charge in [0, 0.05) is 13.1 Å². The second-order valence-electron chi connectivity index (χ2n) is 7.87. The first-order valence-electron chi connectivity index (χ1n) is 10.7. The average Bonchev–Trinajstić information content (AvgIpc) is 2.73. The highest BCUT2D eigenvalue weighted by Crippen LogP contribution is 2.21. The molecule has 2 aromatic rings. The van der Waals surface area contributed by atoms with Crippen molar-refractivity contribution in [3.8, 4) is 0 Å². The van der Waals surface area contributed by atoms with Gasteiger partial charge in [0.1, 0.15) is 12.6 Å². The first kappa shape index (κ1) is 25.4. The van der Waals surface area contributed by atoms with E-state index >= 15 is 0 Å². The van der Waals surface area contributed by atoms with E-state index in [0.717, 1.165) is 27.3 Å². The van der Waals surface area contributed by atoms with Gasteiger partial charge in [0.15, 0.2) is 0 Å². The zero-order chi connectivity index (χ0) is 23.9. The highest BCUT2D eigenvalue weighted by Gasteiger charge is 2.31. The number of amides is 2. The van der Waals surface area contributed by atoms with Gasteiger partial charge in [-0.15, -0.1) is 0 Å². The third-order valence-electron chi connectivity index (χ3n) is 5.34. The molecule has 1 N–H and O–H groups in total. The Labute approximate surface area is 191 Å². The summed E-state index contributed by atoms with van der Waals surface area (Å²) in [5, 5.41) is 2.79. The summed E-state index contributed by atoms with van der Waals surface area (Å²) < 4.78 is 26.2. The number of hydrogen-bond acceptors (Lipinski definition) is 4. The first-order chi connectivity index (χ1) is 15.1. The summed E-state index contributed by atoms with van der Waals surface area (Å²) in [4.78, 5) is 27.7. The largest absolute Gasteiger partial charge is 0.355 e. The highest BCUT2D eigenvalue weighted by molar-refractivity contribution is 7.92. The van der Waals surface area contributed by atoms with Crippen molar-refractivity contribution in [2.24, 2.45) is 0 Å². The number of anilines is 1. The number of aryl methyl sites for hydroxylation is 2. The van der Waals surface area contributed by atoms with Gasteiger partial charge in [-0.1, -0.05) is 48.9 Å². The molecule has 0 aliphatic rings. The van der Waals surface area contributed by atoms with E-state index in [1.54, 1.807) is 24.3 Å². The second-order valence-corrected chi connectivity index (χ2v) is 9.78. The monoisotopic (exact) mass is 459 g/mol. The van der Waals surface area contributed by atoms with Crippen molar-refractivity contribution in [3.63, 3.8) is 0 Å². The van der Waals surface area contributed by atoms with Crippen LogP contribution < -0.4 is 9.62 Å². The van der Waals surface area contributed by atoms with Gasteiger partial charge in [-0.25, -0.2) is 8.42 Å². The van der Waals surface area contributed by atoms with Crippen LogP contribution in [-0.4, -0.2) is 50.5 Å². The lowest BCUT2D eigenvalue weighted by Gasteiger charge is -2.33. The average molecular weight is 460 g/mol. The van der Waals surface area contributed by atoms with Crippen molar-refractivity contribution in [3.05, 3.63) is 65.2 Å². The van der Waals surface area contributed by atoms with Crippen LogP contribution >= 0.6 is 0 Å². The SMILES string of the molecule is CCNC(=O)[C@@H](CC)N(Cc1ccccc1C)C(=O)CN(c1ccc(C)cc1)S(C)(=O)=O. The molecule has 0 radical (unpaired) electrons. The molecule has 0 aliphatic carbocycles. The van der Waals surface area contributed by atoms with Crippen molar-refractivity contribution in [1.29, 1.82) is 0 Å². The maximum Gasteiger partial charge on any atom is 0.244 e. The Hall–Kier alpha value is -2.87. The molecule has 0 saturated carbocycles. The number of nitrogens with zero attached hydrogens (tertiary/aromatic N) is 2. The minimum absolute atomic E-state index is 0.215. The molecule has 174 valence electrons. The standard InChI is InChI=1S/C24H33N3O4S/c1-6-22(24(29)25-7-2)26(16-20-11-9-8-10-19(20)4)23(28)17-27(32(5,30)31)21-14-12-18(3)13-15-21/h8-15,22H,6-7,16-17H2,1-5H3,(H,25,29)/t22-/m1/s1. The van der Waals surface area contributed by atoms with E-state index in [0.29, 0.717) is 18.7 Å². The van der Waals surface area contributed by atoms with E-state index in [1.807, 2.05) is 52.0 Å². The fraction of sp³-hybridized carbons (Fsp3) is 0.417. The molecule has 0 heterocycles. The van der Waals surface area contributed by atoms with Crippen molar-refractivity contribution in [2.45, 2.75) is 46.7 Å². The molecule has 0 fully saturated rings. The fourth-order valence-electron chi connectivity index (χ4n) is 3.51. The maximum atomic E-state index is 13.5. The molecule has 1 atom stereocenters. The predicted molar refractivity (Wildman–Crippen MR) is 128 cm³/mol. The van der Waals surface area contributed by atoms with Crippen LogP contribution in [0.15, 0.2) is 48.5 Å². The van der Waals surface area contributed by atoms with Gasteiger partial charge in [0.05, 0.1) is 11.9 Å². The smallest absolute Gasteiger partial charge is 0.244 e. The van der Waals surface area contributed by atoms with E-state index in [4.69, 9.17) is 0 Å². The number of sulfonamides is 1. The van der Waals surface area contributed by atoms with Crippen LogP contribution in [0.3, 0.4) is 0 Å². The van der Waals surface area contributed by atoms with Gasteiger partial charge >= 0.3 is 0 Å². The molecule has 0 aliphatic heterocycles. The van der Waals surface area contributed by atoms with Crippen LogP contribution in [0.1, 0.15) is 37.0 Å². The van der Waals surface area contributed by atoms with E-state index < -0.39 is 22.0 Å². The lowest BCUT2D eigenvalue weighted by Crippen LogP contribution is -2.52. The number of carbonyl (C=O) groups excluding carboxylic acids is 2. The van der Waals surface area contributed by atoms with Crippen LogP contribution in [0, 0.1) is 13.8 Å². The molecule has 0 unspecified atom stereocenters. The summed E-state index contributed by atoms with van der Waals surface area (Å²) in [6.07, 6.45) is 1.49. The van der Waals surface area contributed by atoms with Gasteiger partial charge in [-0.2, -0.15) is 0 Å². The van der Waals surface area contributed by atoms with Crippen LogP contribution in [0.2, 0.25) is 0 Å². The number of carbonyl (C=O) groups is 2. The van der Waals surface area contributed by atoms with E-state index in [9.17, 15) is 18.0 Å². The third-order valence-corrected chi connectivity index (χ3v) is 6.48. The summed E-state index contributed by atoms with van der Waals surface area (Å²) in [5.41, 5.74) is 3.30. The molecule has 8 heteroatoms. The minimum atomic E-state index is -3.72. The van der Waals surface area contributed by atoms with Crippen molar-refractivity contribution < 1.29 is 18.0 Å². The molecular weight excluding hydrogens is 426 g/mol. The number of likely N-dealkylation sites (N-methyl/N-ethyl adjacent to an activating group) is 1.